The molecule has 118 valence electrons. The Bertz CT molecular complexity index is 394. The van der Waals surface area contributed by atoms with Gasteiger partial charge in [-0.2, -0.15) is 0 Å². The van der Waals surface area contributed by atoms with E-state index in [1.807, 2.05) is 12.3 Å². The van der Waals surface area contributed by atoms with Crippen LogP contribution in [-0.2, 0) is 4.74 Å². The first-order chi connectivity index (χ1) is 10.3. The number of aliphatic hydroxyl groups excluding tert-OH is 1. The topological polar surface area (TPSA) is 71.6 Å². The Balaban J connectivity index is 1.99. The van der Waals surface area contributed by atoms with Crippen molar-refractivity contribution in [2.24, 2.45) is 5.73 Å². The number of aliphatic hydroxyl groups is 1. The molecule has 0 radical (unpaired) electrons. The molecule has 3 N–H and O–H groups in total. The number of hydrogen-bond acceptors (Lipinski definition) is 5. The summed E-state index contributed by atoms with van der Waals surface area (Å²) in [5, 5.41) is 8.83. The highest BCUT2D eigenvalue weighted by Gasteiger charge is 2.29. The highest BCUT2D eigenvalue weighted by molar-refractivity contribution is 5.16. The van der Waals surface area contributed by atoms with Crippen molar-refractivity contribution in [3.63, 3.8) is 0 Å². The van der Waals surface area contributed by atoms with Gasteiger partial charge in [0.25, 0.3) is 0 Å². The number of piperidine rings is 1. The van der Waals surface area contributed by atoms with Crippen molar-refractivity contribution in [3.8, 4) is 0 Å². The second kappa shape index (κ2) is 8.44. The molecular formula is C16H27N3O2. The van der Waals surface area contributed by atoms with Crippen LogP contribution >= 0.6 is 0 Å². The van der Waals surface area contributed by atoms with Gasteiger partial charge in [-0.1, -0.05) is 13.0 Å². The first-order valence-electron chi connectivity index (χ1n) is 7.88. The first kappa shape index (κ1) is 16.4. The summed E-state index contributed by atoms with van der Waals surface area (Å²) in [6, 6.07) is 4.43. The third kappa shape index (κ3) is 4.48. The Hall–Kier alpha value is -1.01. The molecule has 21 heavy (non-hydrogen) atoms. The summed E-state index contributed by atoms with van der Waals surface area (Å²) >= 11 is 0. The van der Waals surface area contributed by atoms with Crippen LogP contribution in [0.2, 0.25) is 0 Å². The van der Waals surface area contributed by atoms with Gasteiger partial charge in [0, 0.05) is 31.5 Å². The number of ether oxygens (including phenoxy) is 1. The minimum Gasteiger partial charge on any atom is -0.394 e. The second-order valence-electron chi connectivity index (χ2n) is 5.63. The molecule has 0 amide bonds. The van der Waals surface area contributed by atoms with Crippen LogP contribution in [0.25, 0.3) is 0 Å². The van der Waals surface area contributed by atoms with Crippen molar-refractivity contribution in [2.45, 2.75) is 44.4 Å². The molecule has 0 spiro atoms. The zero-order valence-corrected chi connectivity index (χ0v) is 12.8. The Morgan fingerprint density at radius 2 is 2.24 bits per heavy atom. The molecule has 2 unspecified atom stereocenters. The minimum absolute atomic E-state index is 0.0965. The van der Waals surface area contributed by atoms with Crippen molar-refractivity contribution in [1.82, 2.24) is 9.88 Å². The summed E-state index contributed by atoms with van der Waals surface area (Å²) < 4.78 is 5.63. The van der Waals surface area contributed by atoms with Crippen LogP contribution in [0.3, 0.4) is 0 Å². The fourth-order valence-corrected chi connectivity index (χ4v) is 3.04. The molecule has 1 aliphatic rings. The van der Waals surface area contributed by atoms with Gasteiger partial charge in [0.1, 0.15) is 0 Å². The molecule has 5 heteroatoms. The lowest BCUT2D eigenvalue weighted by Crippen LogP contribution is -2.46. The van der Waals surface area contributed by atoms with Crippen LogP contribution in [0.1, 0.15) is 37.8 Å². The quantitative estimate of drug-likeness (QED) is 0.793. The molecule has 1 aliphatic heterocycles. The molecule has 2 heterocycles. The standard InChI is InChI=1S/C16H27N3O2/c1-2-15(17)16(13-4-3-7-18-12-13)19-8-5-14(6-9-19)21-11-10-20/h3-4,7,12,14-16,20H,2,5-6,8-11,17H2,1H3. The van der Waals surface area contributed by atoms with Gasteiger partial charge in [-0.15, -0.1) is 0 Å². The molecule has 2 atom stereocenters. The Morgan fingerprint density at radius 1 is 1.48 bits per heavy atom. The van der Waals surface area contributed by atoms with Crippen molar-refractivity contribution < 1.29 is 9.84 Å². The van der Waals surface area contributed by atoms with Gasteiger partial charge in [0.05, 0.1) is 25.4 Å². The van der Waals surface area contributed by atoms with Crippen LogP contribution in [0.4, 0.5) is 0 Å². The minimum atomic E-state index is 0.0965. The van der Waals surface area contributed by atoms with E-state index in [1.54, 1.807) is 6.20 Å². The van der Waals surface area contributed by atoms with Gasteiger partial charge in [-0.05, 0) is 30.9 Å². The Morgan fingerprint density at radius 3 is 2.81 bits per heavy atom. The fourth-order valence-electron chi connectivity index (χ4n) is 3.04. The van der Waals surface area contributed by atoms with Crippen LogP contribution in [0.15, 0.2) is 24.5 Å². The van der Waals surface area contributed by atoms with Crippen molar-refractivity contribution in [3.05, 3.63) is 30.1 Å². The Kier molecular flexibility index (Phi) is 6.57. The monoisotopic (exact) mass is 293 g/mol. The molecule has 1 fully saturated rings. The summed E-state index contributed by atoms with van der Waals surface area (Å²) in [4.78, 5) is 6.69. The summed E-state index contributed by atoms with van der Waals surface area (Å²) in [5.41, 5.74) is 7.56. The molecule has 1 aromatic heterocycles. The maximum Gasteiger partial charge on any atom is 0.0701 e. The van der Waals surface area contributed by atoms with E-state index in [2.05, 4.69) is 22.9 Å². The van der Waals surface area contributed by atoms with Crippen molar-refractivity contribution >= 4 is 0 Å². The predicted molar refractivity (Wildman–Crippen MR) is 82.9 cm³/mol. The zero-order valence-electron chi connectivity index (χ0n) is 12.8. The molecule has 0 saturated carbocycles. The van der Waals surface area contributed by atoms with Crippen LogP contribution in [0.5, 0.6) is 0 Å². The van der Waals surface area contributed by atoms with E-state index in [4.69, 9.17) is 15.6 Å². The summed E-state index contributed by atoms with van der Waals surface area (Å²) in [6.07, 6.45) is 6.92. The van der Waals surface area contributed by atoms with Crippen LogP contribution in [0, 0.1) is 0 Å². The third-order valence-electron chi connectivity index (χ3n) is 4.22. The van der Waals surface area contributed by atoms with Crippen LogP contribution < -0.4 is 5.73 Å². The smallest absolute Gasteiger partial charge is 0.0701 e. The van der Waals surface area contributed by atoms with E-state index in [1.165, 1.54) is 5.56 Å². The van der Waals surface area contributed by atoms with E-state index in [9.17, 15) is 0 Å². The third-order valence-corrected chi connectivity index (χ3v) is 4.22. The van der Waals surface area contributed by atoms with E-state index in [0.29, 0.717) is 6.61 Å². The van der Waals surface area contributed by atoms with Crippen molar-refractivity contribution in [2.75, 3.05) is 26.3 Å². The van der Waals surface area contributed by atoms with E-state index in [-0.39, 0.29) is 24.8 Å². The van der Waals surface area contributed by atoms with E-state index >= 15 is 0 Å². The SMILES string of the molecule is CCC(N)C(c1cccnc1)N1CCC(OCCO)CC1. The van der Waals surface area contributed by atoms with E-state index in [0.717, 1.165) is 32.4 Å². The largest absolute Gasteiger partial charge is 0.394 e. The van der Waals surface area contributed by atoms with Gasteiger partial charge < -0.3 is 15.6 Å². The average molecular weight is 293 g/mol. The van der Waals surface area contributed by atoms with Gasteiger partial charge in [0.2, 0.25) is 0 Å². The number of nitrogens with zero attached hydrogens (tertiary/aromatic N) is 2. The summed E-state index contributed by atoms with van der Waals surface area (Å²) in [6.45, 7) is 4.61. The number of hydrogen-bond donors (Lipinski definition) is 2. The summed E-state index contributed by atoms with van der Waals surface area (Å²) in [5.74, 6) is 0. The average Bonchev–Trinajstić information content (AvgIpc) is 2.55. The molecule has 0 aromatic carbocycles. The number of aromatic nitrogens is 1. The maximum atomic E-state index is 8.83. The first-order valence-corrected chi connectivity index (χ1v) is 7.88. The van der Waals surface area contributed by atoms with Gasteiger partial charge in [-0.25, -0.2) is 0 Å². The molecule has 5 nitrogen and oxygen atoms in total. The van der Waals surface area contributed by atoms with Gasteiger partial charge in [-0.3, -0.25) is 9.88 Å². The number of pyridine rings is 1. The molecule has 0 bridgehead atoms. The highest BCUT2D eigenvalue weighted by atomic mass is 16.5. The molecular weight excluding hydrogens is 266 g/mol. The zero-order chi connectivity index (χ0) is 15.1. The normalized spacial score (nSPS) is 20.3. The van der Waals surface area contributed by atoms with E-state index < -0.39 is 0 Å². The molecule has 0 aliphatic carbocycles. The maximum absolute atomic E-state index is 8.83. The van der Waals surface area contributed by atoms with Gasteiger partial charge in [0.15, 0.2) is 0 Å². The van der Waals surface area contributed by atoms with Crippen LogP contribution in [-0.4, -0.2) is 53.4 Å². The summed E-state index contributed by atoms with van der Waals surface area (Å²) in [7, 11) is 0. The lowest BCUT2D eigenvalue weighted by atomic mass is 9.95. The molecule has 2 rings (SSSR count). The lowest BCUT2D eigenvalue weighted by molar-refractivity contribution is -0.0178. The number of rotatable bonds is 7. The van der Waals surface area contributed by atoms with Gasteiger partial charge >= 0.3 is 0 Å². The van der Waals surface area contributed by atoms with Crippen molar-refractivity contribution in [1.29, 1.82) is 0 Å². The number of likely N-dealkylation sites (tertiary alicyclic amines) is 1. The molecule has 1 saturated heterocycles. The highest BCUT2D eigenvalue weighted by Crippen LogP contribution is 2.28. The fraction of sp³-hybridized carbons (Fsp3) is 0.688. The number of nitrogens with two attached hydrogens (primary N) is 1. The Labute approximate surface area is 127 Å². The lowest BCUT2D eigenvalue weighted by Gasteiger charge is -2.40. The second-order valence-corrected chi connectivity index (χ2v) is 5.63. The molecule has 1 aromatic rings. The predicted octanol–water partition coefficient (Wildman–Crippen LogP) is 1.33.